The Labute approximate surface area is 122 Å². The SMILES string of the molecule is CCOC(=O)c1nc(-c2ccccc2)c2ccccc2n1. The second kappa shape index (κ2) is 5.71. The van der Waals surface area contributed by atoms with E-state index in [-0.39, 0.29) is 5.82 Å². The van der Waals surface area contributed by atoms with Gasteiger partial charge < -0.3 is 4.74 Å². The summed E-state index contributed by atoms with van der Waals surface area (Å²) in [7, 11) is 0. The van der Waals surface area contributed by atoms with Gasteiger partial charge in [-0.25, -0.2) is 14.8 Å². The fourth-order valence-electron chi connectivity index (χ4n) is 2.18. The first-order valence-corrected chi connectivity index (χ1v) is 6.79. The number of carbonyl (C=O) groups is 1. The Morgan fingerprint density at radius 3 is 2.48 bits per heavy atom. The maximum atomic E-state index is 11.9. The Morgan fingerprint density at radius 1 is 1.00 bits per heavy atom. The van der Waals surface area contributed by atoms with Gasteiger partial charge in [0.2, 0.25) is 5.82 Å². The van der Waals surface area contributed by atoms with Gasteiger partial charge in [0.25, 0.3) is 0 Å². The number of hydrogen-bond acceptors (Lipinski definition) is 4. The third-order valence-electron chi connectivity index (χ3n) is 3.11. The van der Waals surface area contributed by atoms with Crippen LogP contribution in [0.4, 0.5) is 0 Å². The highest BCUT2D eigenvalue weighted by Crippen LogP contribution is 2.25. The molecule has 4 heteroatoms. The smallest absolute Gasteiger partial charge is 0.376 e. The van der Waals surface area contributed by atoms with Gasteiger partial charge in [0, 0.05) is 10.9 Å². The summed E-state index contributed by atoms with van der Waals surface area (Å²) in [5, 5.41) is 0.914. The molecule has 1 aromatic heterocycles. The molecule has 104 valence electrons. The molecule has 0 N–H and O–H groups in total. The van der Waals surface area contributed by atoms with Crippen molar-refractivity contribution in [1.29, 1.82) is 0 Å². The zero-order valence-electron chi connectivity index (χ0n) is 11.6. The largest absolute Gasteiger partial charge is 0.460 e. The predicted molar refractivity (Wildman–Crippen MR) is 80.9 cm³/mol. The molecule has 0 aliphatic heterocycles. The van der Waals surface area contributed by atoms with Crippen molar-refractivity contribution in [2.75, 3.05) is 6.61 Å². The van der Waals surface area contributed by atoms with Gasteiger partial charge in [0.15, 0.2) is 0 Å². The van der Waals surface area contributed by atoms with Crippen molar-refractivity contribution >= 4 is 16.9 Å². The van der Waals surface area contributed by atoms with Gasteiger partial charge in [-0.2, -0.15) is 0 Å². The van der Waals surface area contributed by atoms with E-state index >= 15 is 0 Å². The molecule has 2 aromatic carbocycles. The van der Waals surface area contributed by atoms with Gasteiger partial charge in [-0.1, -0.05) is 48.5 Å². The van der Waals surface area contributed by atoms with Gasteiger partial charge in [0.1, 0.15) is 0 Å². The van der Waals surface area contributed by atoms with Crippen LogP contribution in [0.1, 0.15) is 17.5 Å². The normalized spacial score (nSPS) is 10.5. The van der Waals surface area contributed by atoms with Crippen molar-refractivity contribution in [3.63, 3.8) is 0 Å². The summed E-state index contributed by atoms with van der Waals surface area (Å²) >= 11 is 0. The Bertz CT molecular complexity index is 785. The summed E-state index contributed by atoms with van der Waals surface area (Å²) < 4.78 is 5.00. The lowest BCUT2D eigenvalue weighted by molar-refractivity contribution is 0.0512. The van der Waals surface area contributed by atoms with Gasteiger partial charge >= 0.3 is 5.97 Å². The maximum absolute atomic E-state index is 11.9. The number of fused-ring (bicyclic) bond motifs is 1. The zero-order valence-corrected chi connectivity index (χ0v) is 11.6. The van der Waals surface area contributed by atoms with E-state index in [1.54, 1.807) is 6.92 Å². The molecule has 0 spiro atoms. The van der Waals surface area contributed by atoms with Crippen LogP contribution in [0, 0.1) is 0 Å². The fraction of sp³-hybridized carbons (Fsp3) is 0.118. The standard InChI is InChI=1S/C17H14N2O2/c1-2-21-17(20)16-18-14-11-7-6-10-13(14)15(19-16)12-8-4-3-5-9-12/h3-11H,2H2,1H3. The topological polar surface area (TPSA) is 52.1 Å². The number of ether oxygens (including phenoxy) is 1. The lowest BCUT2D eigenvalue weighted by Gasteiger charge is -2.08. The van der Waals surface area contributed by atoms with Crippen LogP contribution in [0.15, 0.2) is 54.6 Å². The van der Waals surface area contributed by atoms with Crippen LogP contribution >= 0.6 is 0 Å². The first-order valence-electron chi connectivity index (χ1n) is 6.79. The Morgan fingerprint density at radius 2 is 1.71 bits per heavy atom. The molecule has 0 bridgehead atoms. The number of rotatable bonds is 3. The zero-order chi connectivity index (χ0) is 14.7. The second-order valence-corrected chi connectivity index (χ2v) is 4.50. The minimum atomic E-state index is -0.500. The molecule has 0 aliphatic rings. The van der Waals surface area contributed by atoms with Gasteiger partial charge in [-0.15, -0.1) is 0 Å². The molecule has 0 unspecified atom stereocenters. The molecule has 0 amide bonds. The molecule has 21 heavy (non-hydrogen) atoms. The van der Waals surface area contributed by atoms with Crippen LogP contribution < -0.4 is 0 Å². The lowest BCUT2D eigenvalue weighted by atomic mass is 10.1. The minimum Gasteiger partial charge on any atom is -0.460 e. The summed E-state index contributed by atoms with van der Waals surface area (Å²) in [5.41, 5.74) is 2.42. The van der Waals surface area contributed by atoms with Crippen molar-refractivity contribution in [2.24, 2.45) is 0 Å². The van der Waals surface area contributed by atoms with Gasteiger partial charge in [-0.05, 0) is 13.0 Å². The quantitative estimate of drug-likeness (QED) is 0.688. The lowest BCUT2D eigenvalue weighted by Crippen LogP contribution is -2.10. The molecule has 4 nitrogen and oxygen atoms in total. The van der Waals surface area contributed by atoms with Crippen LogP contribution in [0.5, 0.6) is 0 Å². The summed E-state index contributed by atoms with van der Waals surface area (Å²) in [4.78, 5) is 20.6. The van der Waals surface area contributed by atoms with E-state index in [2.05, 4.69) is 9.97 Å². The summed E-state index contributed by atoms with van der Waals surface area (Å²) in [6, 6.07) is 17.4. The van der Waals surface area contributed by atoms with Crippen LogP contribution in [0.3, 0.4) is 0 Å². The molecule has 0 fully saturated rings. The van der Waals surface area contributed by atoms with E-state index in [9.17, 15) is 4.79 Å². The molecule has 0 atom stereocenters. The summed E-state index contributed by atoms with van der Waals surface area (Å²) in [5.74, 6) is -0.408. The van der Waals surface area contributed by atoms with E-state index in [1.807, 2.05) is 54.6 Å². The summed E-state index contributed by atoms with van der Waals surface area (Å²) in [6.45, 7) is 2.06. The van der Waals surface area contributed by atoms with E-state index < -0.39 is 5.97 Å². The van der Waals surface area contributed by atoms with E-state index in [1.165, 1.54) is 0 Å². The summed E-state index contributed by atoms with van der Waals surface area (Å²) in [6.07, 6.45) is 0. The van der Waals surface area contributed by atoms with Crippen LogP contribution in [0.2, 0.25) is 0 Å². The highest BCUT2D eigenvalue weighted by Gasteiger charge is 2.15. The monoisotopic (exact) mass is 278 g/mol. The first kappa shape index (κ1) is 13.2. The molecular weight excluding hydrogens is 264 g/mol. The van der Waals surface area contributed by atoms with Crippen molar-refractivity contribution in [3.05, 3.63) is 60.4 Å². The molecule has 0 radical (unpaired) electrons. The number of esters is 1. The predicted octanol–water partition coefficient (Wildman–Crippen LogP) is 3.47. The number of para-hydroxylation sites is 1. The number of carbonyl (C=O) groups excluding carboxylic acids is 1. The van der Waals surface area contributed by atoms with Crippen molar-refractivity contribution in [1.82, 2.24) is 9.97 Å². The number of aromatic nitrogens is 2. The van der Waals surface area contributed by atoms with E-state index in [0.717, 1.165) is 22.2 Å². The Kier molecular flexibility index (Phi) is 3.60. The van der Waals surface area contributed by atoms with Crippen molar-refractivity contribution < 1.29 is 9.53 Å². The van der Waals surface area contributed by atoms with Gasteiger partial charge in [-0.3, -0.25) is 0 Å². The molecular formula is C17H14N2O2. The van der Waals surface area contributed by atoms with Gasteiger partial charge in [0.05, 0.1) is 17.8 Å². The Balaban J connectivity index is 2.23. The maximum Gasteiger partial charge on any atom is 0.376 e. The third kappa shape index (κ3) is 2.60. The molecule has 0 saturated heterocycles. The van der Waals surface area contributed by atoms with E-state index in [4.69, 9.17) is 4.74 Å². The molecule has 3 aromatic rings. The van der Waals surface area contributed by atoms with E-state index in [0.29, 0.717) is 6.61 Å². The molecule has 0 saturated carbocycles. The molecule has 0 aliphatic carbocycles. The fourth-order valence-corrected chi connectivity index (χ4v) is 2.18. The number of benzene rings is 2. The second-order valence-electron chi connectivity index (χ2n) is 4.50. The highest BCUT2D eigenvalue weighted by atomic mass is 16.5. The van der Waals surface area contributed by atoms with Crippen molar-refractivity contribution in [2.45, 2.75) is 6.92 Å². The van der Waals surface area contributed by atoms with Crippen LogP contribution in [0.25, 0.3) is 22.2 Å². The average molecular weight is 278 g/mol. The van der Waals surface area contributed by atoms with Crippen LogP contribution in [-0.4, -0.2) is 22.5 Å². The molecule has 3 rings (SSSR count). The third-order valence-corrected chi connectivity index (χ3v) is 3.11. The van der Waals surface area contributed by atoms with Crippen molar-refractivity contribution in [3.8, 4) is 11.3 Å². The highest BCUT2D eigenvalue weighted by molar-refractivity contribution is 5.96. The minimum absolute atomic E-state index is 0.0920. The number of hydrogen-bond donors (Lipinski definition) is 0. The number of nitrogens with zero attached hydrogens (tertiary/aromatic N) is 2. The average Bonchev–Trinajstić information content (AvgIpc) is 2.55. The Hall–Kier alpha value is -2.75. The first-order chi connectivity index (χ1) is 10.3. The van der Waals surface area contributed by atoms with Crippen LogP contribution in [-0.2, 0) is 4.74 Å². The molecule has 1 heterocycles.